The third-order valence-electron chi connectivity index (χ3n) is 3.49. The molecule has 5 nitrogen and oxygen atoms in total. The van der Waals surface area contributed by atoms with Gasteiger partial charge in [-0.05, 0) is 25.7 Å². The predicted octanol–water partition coefficient (Wildman–Crippen LogP) is 0.650. The molecule has 1 aliphatic carbocycles. The number of amides is 2. The minimum Gasteiger partial charge on any atom is -0.340 e. The number of alkyl halides is 3. The second-order valence-corrected chi connectivity index (χ2v) is 5.05. The summed E-state index contributed by atoms with van der Waals surface area (Å²) in [5, 5.41) is 2.65. The first-order chi connectivity index (χ1) is 8.72. The summed E-state index contributed by atoms with van der Waals surface area (Å²) in [4.78, 5) is 24.9. The zero-order chi connectivity index (χ0) is 14.3. The standard InChI is InChI=1S/C11H15F3N2O3/c1-10(7-2-3-7)9(18)16(6-8(17)15-10)4-5-19-11(12,13)14/h7H,2-6H2,1H3,(H,15,17). The van der Waals surface area contributed by atoms with E-state index in [4.69, 9.17) is 0 Å². The van der Waals surface area contributed by atoms with Crippen molar-refractivity contribution in [3.8, 4) is 0 Å². The fourth-order valence-electron chi connectivity index (χ4n) is 2.35. The van der Waals surface area contributed by atoms with Gasteiger partial charge in [0.1, 0.15) is 5.54 Å². The lowest BCUT2D eigenvalue weighted by Crippen LogP contribution is -2.66. The Hall–Kier alpha value is -1.31. The predicted molar refractivity (Wildman–Crippen MR) is 57.9 cm³/mol. The van der Waals surface area contributed by atoms with Gasteiger partial charge in [-0.1, -0.05) is 0 Å². The van der Waals surface area contributed by atoms with Gasteiger partial charge in [0.25, 0.3) is 0 Å². The average molecular weight is 280 g/mol. The van der Waals surface area contributed by atoms with Gasteiger partial charge in [-0.2, -0.15) is 0 Å². The molecule has 1 aliphatic heterocycles. The molecule has 108 valence electrons. The van der Waals surface area contributed by atoms with Crippen molar-refractivity contribution >= 4 is 11.8 Å². The first kappa shape index (κ1) is 14.1. The van der Waals surface area contributed by atoms with Gasteiger partial charge in [-0.3, -0.25) is 14.3 Å². The lowest BCUT2D eigenvalue weighted by molar-refractivity contribution is -0.324. The molecule has 0 aromatic heterocycles. The first-order valence-corrected chi connectivity index (χ1v) is 6.03. The topological polar surface area (TPSA) is 58.6 Å². The van der Waals surface area contributed by atoms with Gasteiger partial charge in [0.2, 0.25) is 11.8 Å². The molecule has 0 radical (unpaired) electrons. The number of hydrogen-bond acceptors (Lipinski definition) is 3. The lowest BCUT2D eigenvalue weighted by atomic mass is 9.91. The number of rotatable bonds is 4. The van der Waals surface area contributed by atoms with E-state index >= 15 is 0 Å². The molecule has 0 aromatic carbocycles. The van der Waals surface area contributed by atoms with Gasteiger partial charge in [0.15, 0.2) is 0 Å². The molecule has 1 saturated heterocycles. The molecule has 1 N–H and O–H groups in total. The van der Waals surface area contributed by atoms with Crippen LogP contribution in [-0.4, -0.2) is 48.3 Å². The van der Waals surface area contributed by atoms with E-state index in [1.165, 1.54) is 0 Å². The van der Waals surface area contributed by atoms with E-state index in [0.717, 1.165) is 17.7 Å². The summed E-state index contributed by atoms with van der Waals surface area (Å²) >= 11 is 0. The maximum Gasteiger partial charge on any atom is 0.522 e. The van der Waals surface area contributed by atoms with E-state index in [-0.39, 0.29) is 30.8 Å². The molecule has 0 spiro atoms. The minimum absolute atomic E-state index is 0.0790. The van der Waals surface area contributed by atoms with Crippen LogP contribution >= 0.6 is 0 Å². The van der Waals surface area contributed by atoms with E-state index in [1.54, 1.807) is 6.92 Å². The van der Waals surface area contributed by atoms with E-state index in [9.17, 15) is 22.8 Å². The molecule has 0 bridgehead atoms. The number of carbonyl (C=O) groups excluding carboxylic acids is 2. The van der Waals surface area contributed by atoms with Gasteiger partial charge in [0.05, 0.1) is 13.2 Å². The molecular weight excluding hydrogens is 265 g/mol. The zero-order valence-electron chi connectivity index (χ0n) is 10.4. The second-order valence-electron chi connectivity index (χ2n) is 5.05. The summed E-state index contributed by atoms with van der Waals surface area (Å²) in [6, 6.07) is 0. The van der Waals surface area contributed by atoms with Crippen molar-refractivity contribution in [2.75, 3.05) is 19.7 Å². The highest BCUT2D eigenvalue weighted by Crippen LogP contribution is 2.41. The van der Waals surface area contributed by atoms with Crippen molar-refractivity contribution in [3.63, 3.8) is 0 Å². The molecule has 2 rings (SSSR count). The van der Waals surface area contributed by atoms with Crippen LogP contribution in [0.3, 0.4) is 0 Å². The van der Waals surface area contributed by atoms with Crippen LogP contribution in [0, 0.1) is 5.92 Å². The third-order valence-corrected chi connectivity index (χ3v) is 3.49. The number of halogens is 3. The van der Waals surface area contributed by atoms with Crippen molar-refractivity contribution in [1.29, 1.82) is 0 Å². The number of hydrogen-bond donors (Lipinski definition) is 1. The van der Waals surface area contributed by atoms with Crippen LogP contribution in [-0.2, 0) is 14.3 Å². The molecule has 1 atom stereocenters. The van der Waals surface area contributed by atoms with Crippen molar-refractivity contribution in [3.05, 3.63) is 0 Å². The normalized spacial score (nSPS) is 28.5. The van der Waals surface area contributed by atoms with E-state index in [0.29, 0.717) is 0 Å². The van der Waals surface area contributed by atoms with Gasteiger partial charge < -0.3 is 10.2 Å². The van der Waals surface area contributed by atoms with Gasteiger partial charge in [-0.15, -0.1) is 13.2 Å². The molecule has 2 fully saturated rings. The van der Waals surface area contributed by atoms with Crippen LogP contribution in [0.25, 0.3) is 0 Å². The van der Waals surface area contributed by atoms with E-state index in [2.05, 4.69) is 10.1 Å². The van der Waals surface area contributed by atoms with Crippen LogP contribution in [0.2, 0.25) is 0 Å². The number of ether oxygens (including phenoxy) is 1. The fraction of sp³-hybridized carbons (Fsp3) is 0.818. The highest BCUT2D eigenvalue weighted by Gasteiger charge is 2.52. The number of carbonyl (C=O) groups is 2. The first-order valence-electron chi connectivity index (χ1n) is 6.03. The summed E-state index contributed by atoms with van der Waals surface area (Å²) in [6.45, 7) is 0.501. The van der Waals surface area contributed by atoms with Gasteiger partial charge >= 0.3 is 6.36 Å². The maximum absolute atomic E-state index is 12.2. The second kappa shape index (κ2) is 4.66. The number of piperazine rings is 1. The smallest absolute Gasteiger partial charge is 0.340 e. The van der Waals surface area contributed by atoms with Crippen molar-refractivity contribution in [2.45, 2.75) is 31.7 Å². The minimum atomic E-state index is -4.72. The third kappa shape index (κ3) is 3.17. The fourth-order valence-corrected chi connectivity index (χ4v) is 2.35. The van der Waals surface area contributed by atoms with Crippen molar-refractivity contribution < 1.29 is 27.5 Å². The highest BCUT2D eigenvalue weighted by molar-refractivity contribution is 5.98. The summed E-state index contributed by atoms with van der Waals surface area (Å²) in [6.07, 6.45) is -3.04. The quantitative estimate of drug-likeness (QED) is 0.822. The molecule has 2 aliphatic rings. The number of nitrogens with one attached hydrogen (secondary N) is 1. The Morgan fingerprint density at radius 1 is 1.42 bits per heavy atom. The molecule has 2 amide bonds. The monoisotopic (exact) mass is 280 g/mol. The SMILES string of the molecule is CC1(C2CC2)NC(=O)CN(CCOC(F)(F)F)C1=O. The number of nitrogens with zero attached hydrogens (tertiary/aromatic N) is 1. The molecule has 1 saturated carbocycles. The maximum atomic E-state index is 12.2. The molecule has 1 unspecified atom stereocenters. The molecule has 1 heterocycles. The molecular formula is C11H15F3N2O3. The van der Waals surface area contributed by atoms with Crippen molar-refractivity contribution in [1.82, 2.24) is 10.2 Å². The summed E-state index contributed by atoms with van der Waals surface area (Å²) in [7, 11) is 0. The van der Waals surface area contributed by atoms with Gasteiger partial charge in [0, 0.05) is 6.54 Å². The highest BCUT2D eigenvalue weighted by atomic mass is 19.4. The van der Waals surface area contributed by atoms with Gasteiger partial charge in [-0.25, -0.2) is 0 Å². The van der Waals surface area contributed by atoms with Crippen LogP contribution in [0.4, 0.5) is 13.2 Å². The zero-order valence-corrected chi connectivity index (χ0v) is 10.4. The van der Waals surface area contributed by atoms with Crippen LogP contribution in [0.5, 0.6) is 0 Å². The van der Waals surface area contributed by atoms with Crippen LogP contribution in [0.1, 0.15) is 19.8 Å². The summed E-state index contributed by atoms with van der Waals surface area (Å²) in [5.74, 6) is -0.600. The Bertz CT molecular complexity index is 395. The van der Waals surface area contributed by atoms with Crippen LogP contribution in [0.15, 0.2) is 0 Å². The van der Waals surface area contributed by atoms with Crippen LogP contribution < -0.4 is 5.32 Å². The van der Waals surface area contributed by atoms with Crippen molar-refractivity contribution in [2.24, 2.45) is 5.92 Å². The van der Waals surface area contributed by atoms with E-state index < -0.39 is 18.5 Å². The molecule has 0 aromatic rings. The Morgan fingerprint density at radius 3 is 2.58 bits per heavy atom. The Kier molecular flexibility index (Phi) is 3.46. The average Bonchev–Trinajstić information content (AvgIpc) is 3.07. The molecule has 8 heteroatoms. The Balaban J connectivity index is 1.96. The molecule has 19 heavy (non-hydrogen) atoms. The summed E-state index contributed by atoms with van der Waals surface area (Å²) in [5.41, 5.74) is -0.979. The van der Waals surface area contributed by atoms with E-state index in [1.807, 2.05) is 0 Å². The Labute approximate surface area is 108 Å². The summed E-state index contributed by atoms with van der Waals surface area (Å²) < 4.78 is 39.2. The lowest BCUT2D eigenvalue weighted by Gasteiger charge is -2.40. The Morgan fingerprint density at radius 2 is 2.05 bits per heavy atom. The largest absolute Gasteiger partial charge is 0.522 e.